The van der Waals surface area contributed by atoms with E-state index in [1.54, 1.807) is 11.3 Å². The van der Waals surface area contributed by atoms with Crippen LogP contribution < -0.4 is 5.32 Å². The number of carbonyl (C=O) groups excluding carboxylic acids is 1. The van der Waals surface area contributed by atoms with Gasteiger partial charge in [-0.15, -0.1) is 11.3 Å². The fraction of sp³-hybridized carbons (Fsp3) is 0.611. The van der Waals surface area contributed by atoms with Gasteiger partial charge in [-0.05, 0) is 30.8 Å². The predicted molar refractivity (Wildman–Crippen MR) is 97.3 cm³/mol. The molecule has 0 aromatic carbocycles. The first-order valence-electron chi connectivity index (χ1n) is 9.00. The van der Waals surface area contributed by atoms with Crippen molar-refractivity contribution in [3.8, 4) is 0 Å². The number of carbonyl (C=O) groups is 1. The van der Waals surface area contributed by atoms with Crippen molar-refractivity contribution in [1.29, 1.82) is 0 Å². The molecule has 0 bridgehead atoms. The van der Waals surface area contributed by atoms with E-state index in [1.165, 1.54) is 4.88 Å². The van der Waals surface area contributed by atoms with Gasteiger partial charge in [-0.3, -0.25) is 9.69 Å². The van der Waals surface area contributed by atoms with Crippen molar-refractivity contribution in [2.75, 3.05) is 13.1 Å². The lowest BCUT2D eigenvalue weighted by molar-refractivity contribution is -0.121. The maximum Gasteiger partial charge on any atom is 0.244 e. The van der Waals surface area contributed by atoms with E-state index in [0.717, 1.165) is 38.2 Å². The van der Waals surface area contributed by atoms with Crippen LogP contribution in [0.2, 0.25) is 0 Å². The molecule has 2 aromatic heterocycles. The summed E-state index contributed by atoms with van der Waals surface area (Å²) in [6.07, 6.45) is 3.81. The van der Waals surface area contributed by atoms with Gasteiger partial charge in [-0.1, -0.05) is 31.5 Å². The summed E-state index contributed by atoms with van der Waals surface area (Å²) in [6.45, 7) is 6.43. The maximum atomic E-state index is 12.1. The number of amides is 1. The molecule has 1 aliphatic rings. The predicted octanol–water partition coefficient (Wildman–Crippen LogP) is 3.49. The Morgan fingerprint density at radius 1 is 1.48 bits per heavy atom. The van der Waals surface area contributed by atoms with Crippen LogP contribution in [-0.4, -0.2) is 34.0 Å². The van der Waals surface area contributed by atoms with Crippen LogP contribution in [0.25, 0.3) is 0 Å². The summed E-state index contributed by atoms with van der Waals surface area (Å²) in [5.41, 5.74) is 0. The minimum Gasteiger partial charge on any atom is -0.351 e. The second kappa shape index (κ2) is 8.58. The number of nitrogens with zero attached hydrogens (tertiary/aromatic N) is 3. The molecular weight excluding hydrogens is 336 g/mol. The summed E-state index contributed by atoms with van der Waals surface area (Å²) in [5.74, 6) is 1.81. The first-order chi connectivity index (χ1) is 12.1. The number of nitrogens with one attached hydrogen (secondary N) is 1. The number of rotatable bonds is 7. The number of thiophene rings is 1. The largest absolute Gasteiger partial charge is 0.351 e. The van der Waals surface area contributed by atoms with Crippen LogP contribution in [0.4, 0.5) is 0 Å². The van der Waals surface area contributed by atoms with Crippen LogP contribution in [0, 0.1) is 0 Å². The van der Waals surface area contributed by atoms with Gasteiger partial charge in [0.25, 0.3) is 0 Å². The van der Waals surface area contributed by atoms with Gasteiger partial charge in [0.05, 0.1) is 12.6 Å². The monoisotopic (exact) mass is 362 g/mol. The Bertz CT molecular complexity index is 668. The molecule has 3 rings (SSSR count). The van der Waals surface area contributed by atoms with Crippen LogP contribution in [0.5, 0.6) is 0 Å². The molecule has 1 amide bonds. The number of likely N-dealkylation sites (tertiary alicyclic amines) is 1. The standard InChI is InChI=1S/C18H26N4O2S/c1-13(2)17-20-18(24-21-17)15-7-3-4-9-22(15)10-8-16(23)19-12-14-6-5-11-25-14/h5-6,11,13,15H,3-4,7-10,12H2,1-2H3,(H,19,23)/t15-/m1/s1. The summed E-state index contributed by atoms with van der Waals surface area (Å²) in [5, 5.41) is 9.10. The molecule has 136 valence electrons. The summed E-state index contributed by atoms with van der Waals surface area (Å²) in [6, 6.07) is 4.17. The van der Waals surface area contributed by atoms with Crippen LogP contribution in [0.1, 0.15) is 68.1 Å². The third-order valence-corrected chi connectivity index (χ3v) is 5.41. The highest BCUT2D eigenvalue weighted by Gasteiger charge is 2.29. The maximum absolute atomic E-state index is 12.1. The highest BCUT2D eigenvalue weighted by atomic mass is 32.1. The Kier molecular flexibility index (Phi) is 6.20. The highest BCUT2D eigenvalue weighted by molar-refractivity contribution is 7.09. The fourth-order valence-electron chi connectivity index (χ4n) is 3.09. The van der Waals surface area contributed by atoms with Gasteiger partial charge in [0.15, 0.2) is 5.82 Å². The van der Waals surface area contributed by atoms with Gasteiger partial charge in [0.1, 0.15) is 0 Å². The van der Waals surface area contributed by atoms with Gasteiger partial charge in [-0.25, -0.2) is 0 Å². The van der Waals surface area contributed by atoms with E-state index >= 15 is 0 Å². The lowest BCUT2D eigenvalue weighted by atomic mass is 10.0. The van der Waals surface area contributed by atoms with E-state index < -0.39 is 0 Å². The van der Waals surface area contributed by atoms with Gasteiger partial charge in [0.2, 0.25) is 11.8 Å². The third-order valence-electron chi connectivity index (χ3n) is 4.54. The van der Waals surface area contributed by atoms with E-state index in [0.29, 0.717) is 18.9 Å². The second-order valence-corrected chi connectivity index (χ2v) is 7.83. The van der Waals surface area contributed by atoms with E-state index in [2.05, 4.69) is 34.2 Å². The molecule has 1 N–H and O–H groups in total. The molecule has 0 aliphatic carbocycles. The molecule has 25 heavy (non-hydrogen) atoms. The van der Waals surface area contributed by atoms with Crippen molar-refractivity contribution >= 4 is 17.2 Å². The quantitative estimate of drug-likeness (QED) is 0.816. The zero-order valence-electron chi connectivity index (χ0n) is 14.9. The highest BCUT2D eigenvalue weighted by Crippen LogP contribution is 2.30. The minimum absolute atomic E-state index is 0.0890. The van der Waals surface area contributed by atoms with E-state index in [1.807, 2.05) is 17.5 Å². The molecule has 1 aliphatic heterocycles. The SMILES string of the molecule is CC(C)c1noc([C@H]2CCCCN2CCC(=O)NCc2cccs2)n1. The molecule has 0 saturated carbocycles. The first-order valence-corrected chi connectivity index (χ1v) is 9.88. The van der Waals surface area contributed by atoms with Crippen molar-refractivity contribution in [2.24, 2.45) is 0 Å². The molecule has 7 heteroatoms. The fourth-order valence-corrected chi connectivity index (χ4v) is 3.73. The van der Waals surface area contributed by atoms with Gasteiger partial charge < -0.3 is 9.84 Å². The van der Waals surface area contributed by atoms with Crippen LogP contribution in [0.3, 0.4) is 0 Å². The van der Waals surface area contributed by atoms with Crippen LogP contribution in [-0.2, 0) is 11.3 Å². The molecule has 1 fully saturated rings. The topological polar surface area (TPSA) is 71.3 Å². The number of aromatic nitrogens is 2. The average Bonchev–Trinajstić information content (AvgIpc) is 3.30. The van der Waals surface area contributed by atoms with Crippen molar-refractivity contribution in [3.05, 3.63) is 34.1 Å². The molecule has 0 radical (unpaired) electrons. The molecule has 1 saturated heterocycles. The normalized spacial score (nSPS) is 18.6. The molecule has 2 aromatic rings. The zero-order chi connectivity index (χ0) is 17.6. The van der Waals surface area contributed by atoms with Gasteiger partial charge in [0, 0.05) is 23.8 Å². The van der Waals surface area contributed by atoms with Crippen molar-refractivity contribution in [2.45, 2.75) is 58.0 Å². The Balaban J connectivity index is 1.52. The van der Waals surface area contributed by atoms with Crippen molar-refractivity contribution < 1.29 is 9.32 Å². The Morgan fingerprint density at radius 3 is 3.08 bits per heavy atom. The van der Waals surface area contributed by atoms with Crippen molar-refractivity contribution in [1.82, 2.24) is 20.4 Å². The van der Waals surface area contributed by atoms with Gasteiger partial charge >= 0.3 is 0 Å². The number of hydrogen-bond acceptors (Lipinski definition) is 6. The number of hydrogen-bond donors (Lipinski definition) is 1. The molecule has 0 spiro atoms. The van der Waals surface area contributed by atoms with Crippen LogP contribution >= 0.6 is 11.3 Å². The lowest BCUT2D eigenvalue weighted by Gasteiger charge is -2.33. The van der Waals surface area contributed by atoms with Crippen molar-refractivity contribution in [3.63, 3.8) is 0 Å². The summed E-state index contributed by atoms with van der Waals surface area (Å²) in [4.78, 5) is 20.2. The van der Waals surface area contributed by atoms with E-state index in [4.69, 9.17) is 4.52 Å². The molecule has 3 heterocycles. The Labute approximate surface area is 152 Å². The first kappa shape index (κ1) is 18.1. The Hall–Kier alpha value is -1.73. The zero-order valence-corrected chi connectivity index (χ0v) is 15.7. The smallest absolute Gasteiger partial charge is 0.244 e. The summed E-state index contributed by atoms with van der Waals surface area (Å²) < 4.78 is 5.50. The second-order valence-electron chi connectivity index (χ2n) is 6.80. The van der Waals surface area contributed by atoms with E-state index in [-0.39, 0.29) is 17.9 Å². The van der Waals surface area contributed by atoms with Gasteiger partial charge in [-0.2, -0.15) is 4.98 Å². The third kappa shape index (κ3) is 4.89. The number of piperidine rings is 1. The van der Waals surface area contributed by atoms with E-state index in [9.17, 15) is 4.79 Å². The molecule has 1 atom stereocenters. The Morgan fingerprint density at radius 2 is 2.36 bits per heavy atom. The lowest BCUT2D eigenvalue weighted by Crippen LogP contribution is -2.36. The summed E-state index contributed by atoms with van der Waals surface area (Å²) >= 11 is 1.66. The summed E-state index contributed by atoms with van der Waals surface area (Å²) in [7, 11) is 0. The molecular formula is C18H26N4O2S. The molecule has 0 unspecified atom stereocenters. The molecule has 6 nitrogen and oxygen atoms in total. The minimum atomic E-state index is 0.0890. The average molecular weight is 362 g/mol. The van der Waals surface area contributed by atoms with Crippen LogP contribution in [0.15, 0.2) is 22.0 Å².